The van der Waals surface area contributed by atoms with Gasteiger partial charge in [-0.1, -0.05) is 18.5 Å². The van der Waals surface area contributed by atoms with Gasteiger partial charge in [-0.3, -0.25) is 0 Å². The monoisotopic (exact) mass is 258 g/mol. The molecule has 0 aliphatic heterocycles. The molecule has 0 bridgehead atoms. The fraction of sp³-hybridized carbons (Fsp3) is 0.444. The number of aliphatic hydroxyl groups is 1. The maximum absolute atomic E-state index is 9.46. The van der Waals surface area contributed by atoms with Gasteiger partial charge in [0.05, 0.1) is 6.10 Å². The van der Waals surface area contributed by atoms with Crippen LogP contribution in [0, 0.1) is 0 Å². The Hall–Kier alpha value is -0.850. The lowest BCUT2D eigenvalue weighted by Crippen LogP contribution is -2.15. The average Bonchev–Trinajstić information content (AvgIpc) is 2.65. The molecule has 0 radical (unpaired) electrons. The third-order valence-electron chi connectivity index (χ3n) is 2.17. The molecule has 0 fully saturated rings. The standard InChI is InChI=1S/C9H11ClN4OS/c1-5(15)6(2)16-8-3-7(10)13-9-11-4-12-14(8)9/h3-6,15H,1-2H3. The van der Waals surface area contributed by atoms with Crippen LogP contribution in [0.5, 0.6) is 0 Å². The first-order chi connectivity index (χ1) is 7.58. The van der Waals surface area contributed by atoms with E-state index in [0.717, 1.165) is 5.03 Å². The Morgan fingerprint density at radius 1 is 1.50 bits per heavy atom. The number of halogens is 1. The molecular weight excluding hydrogens is 248 g/mol. The van der Waals surface area contributed by atoms with E-state index in [1.165, 1.54) is 18.1 Å². The van der Waals surface area contributed by atoms with Gasteiger partial charge in [0.15, 0.2) is 0 Å². The topological polar surface area (TPSA) is 63.3 Å². The fourth-order valence-electron chi connectivity index (χ4n) is 1.13. The van der Waals surface area contributed by atoms with E-state index in [9.17, 15) is 5.11 Å². The van der Waals surface area contributed by atoms with Crippen molar-refractivity contribution in [1.82, 2.24) is 19.6 Å². The lowest BCUT2D eigenvalue weighted by atomic mass is 10.3. The molecule has 2 rings (SSSR count). The predicted molar refractivity (Wildman–Crippen MR) is 62.8 cm³/mol. The minimum atomic E-state index is -0.407. The summed E-state index contributed by atoms with van der Waals surface area (Å²) in [6, 6.07) is 1.72. The van der Waals surface area contributed by atoms with Crippen LogP contribution in [0.2, 0.25) is 5.15 Å². The van der Waals surface area contributed by atoms with Crippen LogP contribution in [0.3, 0.4) is 0 Å². The molecule has 0 aliphatic rings. The van der Waals surface area contributed by atoms with Gasteiger partial charge in [0.1, 0.15) is 16.5 Å². The van der Waals surface area contributed by atoms with Crippen molar-refractivity contribution in [3.8, 4) is 0 Å². The molecule has 0 aromatic carbocycles. The zero-order valence-corrected chi connectivity index (χ0v) is 10.4. The van der Waals surface area contributed by atoms with Crippen molar-refractivity contribution in [1.29, 1.82) is 0 Å². The lowest BCUT2D eigenvalue weighted by Gasteiger charge is -2.14. The van der Waals surface area contributed by atoms with Crippen molar-refractivity contribution >= 4 is 29.1 Å². The van der Waals surface area contributed by atoms with E-state index in [0.29, 0.717) is 10.9 Å². The zero-order valence-electron chi connectivity index (χ0n) is 8.83. The second-order valence-electron chi connectivity index (χ2n) is 3.45. The van der Waals surface area contributed by atoms with Crippen LogP contribution in [-0.2, 0) is 0 Å². The molecular formula is C9H11ClN4OS. The Balaban J connectivity index is 2.39. The van der Waals surface area contributed by atoms with E-state index in [1.54, 1.807) is 17.5 Å². The maximum atomic E-state index is 9.46. The molecule has 2 heterocycles. The summed E-state index contributed by atoms with van der Waals surface area (Å²) in [5.41, 5.74) is 0. The van der Waals surface area contributed by atoms with Crippen molar-refractivity contribution in [2.75, 3.05) is 0 Å². The zero-order chi connectivity index (χ0) is 11.7. The van der Waals surface area contributed by atoms with E-state index in [4.69, 9.17) is 11.6 Å². The quantitative estimate of drug-likeness (QED) is 0.670. The second-order valence-corrected chi connectivity index (χ2v) is 5.24. The molecule has 0 aliphatic carbocycles. The molecule has 0 spiro atoms. The summed E-state index contributed by atoms with van der Waals surface area (Å²) in [6.45, 7) is 3.69. The van der Waals surface area contributed by atoms with Gasteiger partial charge in [-0.15, -0.1) is 11.8 Å². The van der Waals surface area contributed by atoms with Gasteiger partial charge >= 0.3 is 0 Å². The Morgan fingerprint density at radius 2 is 2.25 bits per heavy atom. The summed E-state index contributed by atoms with van der Waals surface area (Å²) < 4.78 is 1.61. The summed E-state index contributed by atoms with van der Waals surface area (Å²) in [7, 11) is 0. The molecule has 7 heteroatoms. The summed E-state index contributed by atoms with van der Waals surface area (Å²) >= 11 is 7.36. The van der Waals surface area contributed by atoms with E-state index in [1.807, 2.05) is 6.92 Å². The minimum absolute atomic E-state index is 0.0471. The van der Waals surface area contributed by atoms with E-state index in [-0.39, 0.29) is 5.25 Å². The van der Waals surface area contributed by atoms with Gasteiger partial charge in [-0.25, -0.2) is 0 Å². The first kappa shape index (κ1) is 11.6. The molecule has 2 unspecified atom stereocenters. The Kier molecular flexibility index (Phi) is 3.32. The fourth-order valence-corrected chi connectivity index (χ4v) is 2.36. The van der Waals surface area contributed by atoms with Crippen molar-refractivity contribution in [3.05, 3.63) is 17.5 Å². The summed E-state index contributed by atoms with van der Waals surface area (Å²) in [6.07, 6.45) is 1.02. The van der Waals surface area contributed by atoms with Gasteiger partial charge in [-0.05, 0) is 6.92 Å². The van der Waals surface area contributed by atoms with Crippen molar-refractivity contribution in [2.24, 2.45) is 0 Å². The van der Waals surface area contributed by atoms with Gasteiger partial charge in [0.25, 0.3) is 5.78 Å². The summed E-state index contributed by atoms with van der Waals surface area (Å²) in [5.74, 6) is 0.466. The molecule has 0 amide bonds. The normalized spacial score (nSPS) is 15.2. The molecule has 16 heavy (non-hydrogen) atoms. The van der Waals surface area contributed by atoms with Gasteiger partial charge in [0, 0.05) is 11.3 Å². The van der Waals surface area contributed by atoms with E-state index < -0.39 is 6.10 Å². The van der Waals surface area contributed by atoms with Crippen LogP contribution in [0.25, 0.3) is 5.78 Å². The number of hydrogen-bond acceptors (Lipinski definition) is 5. The third kappa shape index (κ3) is 2.28. The Morgan fingerprint density at radius 3 is 2.94 bits per heavy atom. The Bertz CT molecular complexity index is 501. The smallest absolute Gasteiger partial charge is 0.254 e. The first-order valence-corrected chi connectivity index (χ1v) is 6.04. The van der Waals surface area contributed by atoms with Crippen LogP contribution < -0.4 is 0 Å². The van der Waals surface area contributed by atoms with Gasteiger partial charge in [-0.2, -0.15) is 19.6 Å². The molecule has 86 valence electrons. The molecule has 0 saturated carbocycles. The molecule has 0 saturated heterocycles. The molecule has 2 atom stereocenters. The van der Waals surface area contributed by atoms with Gasteiger partial charge in [0.2, 0.25) is 0 Å². The highest BCUT2D eigenvalue weighted by Gasteiger charge is 2.14. The predicted octanol–water partition coefficient (Wildman–Crippen LogP) is 1.64. The van der Waals surface area contributed by atoms with E-state index in [2.05, 4.69) is 15.1 Å². The second kappa shape index (κ2) is 4.57. The van der Waals surface area contributed by atoms with Gasteiger partial charge < -0.3 is 5.11 Å². The molecule has 5 nitrogen and oxygen atoms in total. The number of fused-ring (bicyclic) bond motifs is 1. The summed E-state index contributed by atoms with van der Waals surface area (Å²) in [5, 5.41) is 14.8. The molecule has 2 aromatic heterocycles. The minimum Gasteiger partial charge on any atom is -0.392 e. The van der Waals surface area contributed by atoms with Crippen LogP contribution in [0.4, 0.5) is 0 Å². The average molecular weight is 259 g/mol. The molecule has 1 N–H and O–H groups in total. The number of thioether (sulfide) groups is 1. The number of aliphatic hydroxyl groups excluding tert-OH is 1. The highest BCUT2D eigenvalue weighted by atomic mass is 35.5. The van der Waals surface area contributed by atoms with Crippen molar-refractivity contribution < 1.29 is 5.11 Å². The Labute approximate surface area is 102 Å². The van der Waals surface area contributed by atoms with Crippen LogP contribution in [0.1, 0.15) is 13.8 Å². The maximum Gasteiger partial charge on any atom is 0.254 e. The number of rotatable bonds is 3. The van der Waals surface area contributed by atoms with Crippen LogP contribution in [0.15, 0.2) is 17.4 Å². The van der Waals surface area contributed by atoms with E-state index >= 15 is 0 Å². The largest absolute Gasteiger partial charge is 0.392 e. The number of nitrogens with zero attached hydrogens (tertiary/aromatic N) is 4. The third-order valence-corrected chi connectivity index (χ3v) is 3.67. The highest BCUT2D eigenvalue weighted by molar-refractivity contribution is 7.99. The van der Waals surface area contributed by atoms with Crippen LogP contribution >= 0.6 is 23.4 Å². The SMILES string of the molecule is CC(O)C(C)Sc1cc(Cl)nc2ncnn12. The number of hydrogen-bond donors (Lipinski definition) is 1. The summed E-state index contributed by atoms with van der Waals surface area (Å²) in [4.78, 5) is 8.00. The number of aromatic nitrogens is 4. The highest BCUT2D eigenvalue weighted by Crippen LogP contribution is 2.26. The van der Waals surface area contributed by atoms with Crippen molar-refractivity contribution in [2.45, 2.75) is 30.2 Å². The first-order valence-electron chi connectivity index (χ1n) is 4.79. The van der Waals surface area contributed by atoms with Crippen molar-refractivity contribution in [3.63, 3.8) is 0 Å². The molecule has 2 aromatic rings. The lowest BCUT2D eigenvalue weighted by molar-refractivity contribution is 0.196. The van der Waals surface area contributed by atoms with Crippen LogP contribution in [-0.4, -0.2) is 36.0 Å².